The quantitative estimate of drug-likeness (QED) is 0.640. The zero-order valence-electron chi connectivity index (χ0n) is 10.4. The Balaban J connectivity index is 2.03. The van der Waals surface area contributed by atoms with E-state index in [0.29, 0.717) is 11.3 Å². The zero-order valence-corrected chi connectivity index (χ0v) is 10.4. The molecule has 19 heavy (non-hydrogen) atoms. The van der Waals surface area contributed by atoms with Gasteiger partial charge in [-0.25, -0.2) is 0 Å². The number of esters is 1. The van der Waals surface area contributed by atoms with Gasteiger partial charge in [0.2, 0.25) is 0 Å². The monoisotopic (exact) mass is 262 g/mol. The van der Waals surface area contributed by atoms with Crippen molar-refractivity contribution in [1.82, 2.24) is 5.32 Å². The van der Waals surface area contributed by atoms with Gasteiger partial charge in [0.1, 0.15) is 5.58 Å². The van der Waals surface area contributed by atoms with Crippen LogP contribution in [0.4, 0.5) is 5.69 Å². The first-order valence-corrected chi connectivity index (χ1v) is 5.74. The Morgan fingerprint density at radius 1 is 1.37 bits per heavy atom. The lowest BCUT2D eigenvalue weighted by Gasteiger charge is -2.01. The third-order valence-corrected chi connectivity index (χ3v) is 2.61. The largest absolute Gasteiger partial charge is 0.469 e. The molecule has 1 aromatic carbocycles. The van der Waals surface area contributed by atoms with Gasteiger partial charge in [-0.2, -0.15) is 0 Å². The summed E-state index contributed by atoms with van der Waals surface area (Å²) in [5.41, 5.74) is 6.84. The van der Waals surface area contributed by atoms with Crippen molar-refractivity contribution >= 4 is 28.5 Å². The molecule has 3 N–H and O–H groups in total. The summed E-state index contributed by atoms with van der Waals surface area (Å²) in [6, 6.07) is 6.74. The lowest BCUT2D eigenvalue weighted by atomic mass is 10.2. The Kier molecular flexibility index (Phi) is 3.70. The van der Waals surface area contributed by atoms with Crippen molar-refractivity contribution in [2.24, 2.45) is 0 Å². The second kappa shape index (κ2) is 5.43. The van der Waals surface area contributed by atoms with Crippen molar-refractivity contribution < 1.29 is 18.7 Å². The van der Waals surface area contributed by atoms with Gasteiger partial charge in [0.25, 0.3) is 5.91 Å². The third kappa shape index (κ3) is 3.04. The third-order valence-electron chi connectivity index (χ3n) is 2.61. The molecule has 0 aliphatic heterocycles. The molecule has 0 bridgehead atoms. The van der Waals surface area contributed by atoms with Crippen LogP contribution in [-0.2, 0) is 9.53 Å². The molecule has 0 fully saturated rings. The molecule has 0 aliphatic rings. The van der Waals surface area contributed by atoms with Gasteiger partial charge in [-0.15, -0.1) is 0 Å². The number of carbonyl (C=O) groups excluding carboxylic acids is 2. The fraction of sp³-hybridized carbons (Fsp3) is 0.231. The highest BCUT2D eigenvalue weighted by molar-refractivity contribution is 5.96. The molecule has 0 aliphatic carbocycles. The minimum absolute atomic E-state index is 0.120. The van der Waals surface area contributed by atoms with Gasteiger partial charge in [0.05, 0.1) is 13.5 Å². The first kappa shape index (κ1) is 12.9. The van der Waals surface area contributed by atoms with E-state index in [4.69, 9.17) is 10.2 Å². The predicted molar refractivity (Wildman–Crippen MR) is 69.6 cm³/mol. The number of rotatable bonds is 4. The van der Waals surface area contributed by atoms with Crippen LogP contribution in [0.25, 0.3) is 11.0 Å². The number of nitrogens with one attached hydrogen (secondary N) is 1. The minimum atomic E-state index is -0.377. The second-order valence-electron chi connectivity index (χ2n) is 3.99. The van der Waals surface area contributed by atoms with Crippen LogP contribution >= 0.6 is 0 Å². The van der Waals surface area contributed by atoms with Gasteiger partial charge in [0.15, 0.2) is 5.76 Å². The lowest BCUT2D eigenvalue weighted by molar-refractivity contribution is -0.140. The zero-order chi connectivity index (χ0) is 13.8. The summed E-state index contributed by atoms with van der Waals surface area (Å²) in [4.78, 5) is 22.7. The van der Waals surface area contributed by atoms with Crippen molar-refractivity contribution in [3.05, 3.63) is 30.0 Å². The van der Waals surface area contributed by atoms with Crippen molar-refractivity contribution in [1.29, 1.82) is 0 Å². The van der Waals surface area contributed by atoms with Gasteiger partial charge in [-0.05, 0) is 24.3 Å². The lowest BCUT2D eigenvalue weighted by Crippen LogP contribution is -2.25. The molecular weight excluding hydrogens is 248 g/mol. The molecule has 1 aromatic heterocycles. The highest BCUT2D eigenvalue weighted by Crippen LogP contribution is 2.21. The number of anilines is 1. The Morgan fingerprint density at radius 3 is 2.89 bits per heavy atom. The first-order chi connectivity index (χ1) is 9.10. The van der Waals surface area contributed by atoms with Gasteiger partial charge in [-0.3, -0.25) is 9.59 Å². The average molecular weight is 262 g/mol. The van der Waals surface area contributed by atoms with Crippen LogP contribution < -0.4 is 11.1 Å². The van der Waals surface area contributed by atoms with Gasteiger partial charge >= 0.3 is 5.97 Å². The Hall–Kier alpha value is -2.50. The summed E-state index contributed by atoms with van der Waals surface area (Å²) in [5, 5.41) is 3.34. The summed E-state index contributed by atoms with van der Waals surface area (Å²) >= 11 is 0. The number of nitrogens with two attached hydrogens (primary N) is 1. The number of benzene rings is 1. The van der Waals surface area contributed by atoms with Gasteiger partial charge < -0.3 is 20.2 Å². The molecule has 1 amide bonds. The summed E-state index contributed by atoms with van der Waals surface area (Å²) in [7, 11) is 1.30. The number of carbonyl (C=O) groups is 2. The number of methoxy groups -OCH3 is 1. The molecule has 1 heterocycles. The van der Waals surface area contributed by atoms with Crippen LogP contribution in [0.15, 0.2) is 28.7 Å². The molecule has 0 saturated heterocycles. The van der Waals surface area contributed by atoms with E-state index in [9.17, 15) is 9.59 Å². The maximum atomic E-state index is 11.8. The second-order valence-corrected chi connectivity index (χ2v) is 3.99. The molecule has 6 heteroatoms. The van der Waals surface area contributed by atoms with Crippen LogP contribution in [0.2, 0.25) is 0 Å². The van der Waals surface area contributed by atoms with Crippen molar-refractivity contribution in [3.8, 4) is 0 Å². The number of hydrogen-bond donors (Lipinski definition) is 2. The van der Waals surface area contributed by atoms with E-state index in [1.54, 1.807) is 24.3 Å². The smallest absolute Gasteiger partial charge is 0.307 e. The van der Waals surface area contributed by atoms with Crippen molar-refractivity contribution in [2.45, 2.75) is 6.42 Å². The molecule has 0 saturated carbocycles. The molecular formula is C13H14N2O4. The van der Waals surface area contributed by atoms with E-state index >= 15 is 0 Å². The predicted octanol–water partition coefficient (Wildman–Crippen LogP) is 1.31. The Labute approximate surface area is 109 Å². The first-order valence-electron chi connectivity index (χ1n) is 5.74. The molecule has 100 valence electrons. The minimum Gasteiger partial charge on any atom is -0.469 e. The van der Waals surface area contributed by atoms with E-state index in [1.807, 2.05) is 0 Å². The van der Waals surface area contributed by atoms with Gasteiger partial charge in [-0.1, -0.05) is 0 Å². The number of fused-ring (bicyclic) bond motifs is 1. The van der Waals surface area contributed by atoms with E-state index < -0.39 is 0 Å². The van der Waals surface area contributed by atoms with Crippen LogP contribution in [0.5, 0.6) is 0 Å². The summed E-state index contributed by atoms with van der Waals surface area (Å²) < 4.78 is 9.86. The van der Waals surface area contributed by atoms with Gasteiger partial charge in [0, 0.05) is 17.6 Å². The molecule has 0 atom stereocenters. The number of nitrogen functional groups attached to an aromatic ring is 1. The van der Waals surface area contributed by atoms with Crippen molar-refractivity contribution in [2.75, 3.05) is 19.4 Å². The number of furan rings is 1. The van der Waals surface area contributed by atoms with E-state index in [2.05, 4.69) is 10.1 Å². The summed E-state index contributed by atoms with van der Waals surface area (Å²) in [5.74, 6) is -0.568. The standard InChI is InChI=1S/C13H14N2O4/c1-18-12(16)4-5-15-13(17)11-7-8-6-9(14)2-3-10(8)19-11/h2-3,6-7H,4-5,14H2,1H3,(H,15,17). The number of ether oxygens (including phenoxy) is 1. The SMILES string of the molecule is COC(=O)CCNC(=O)c1cc2cc(N)ccc2o1. The highest BCUT2D eigenvalue weighted by Gasteiger charge is 2.12. The normalized spacial score (nSPS) is 10.4. The van der Waals surface area contributed by atoms with Crippen LogP contribution in [0.1, 0.15) is 17.0 Å². The fourth-order valence-electron chi connectivity index (χ4n) is 1.64. The molecule has 2 aromatic rings. The maximum Gasteiger partial charge on any atom is 0.307 e. The number of amides is 1. The Morgan fingerprint density at radius 2 is 2.16 bits per heavy atom. The summed E-state index contributed by atoms with van der Waals surface area (Å²) in [6.45, 7) is 0.199. The Bertz CT molecular complexity index is 618. The average Bonchev–Trinajstić information content (AvgIpc) is 2.81. The molecule has 0 spiro atoms. The molecule has 2 rings (SSSR count). The molecule has 6 nitrogen and oxygen atoms in total. The van der Waals surface area contributed by atoms with Crippen LogP contribution in [0, 0.1) is 0 Å². The molecule has 0 unspecified atom stereocenters. The highest BCUT2D eigenvalue weighted by atomic mass is 16.5. The van der Waals surface area contributed by atoms with Crippen LogP contribution in [0.3, 0.4) is 0 Å². The van der Waals surface area contributed by atoms with E-state index in [0.717, 1.165) is 5.39 Å². The van der Waals surface area contributed by atoms with Crippen LogP contribution in [-0.4, -0.2) is 25.5 Å². The van der Waals surface area contributed by atoms with E-state index in [-0.39, 0.29) is 30.6 Å². The topological polar surface area (TPSA) is 94.6 Å². The van der Waals surface area contributed by atoms with E-state index in [1.165, 1.54) is 7.11 Å². The van der Waals surface area contributed by atoms with Crippen molar-refractivity contribution in [3.63, 3.8) is 0 Å². The fourth-order valence-corrected chi connectivity index (χ4v) is 1.64. The number of hydrogen-bond acceptors (Lipinski definition) is 5. The summed E-state index contributed by atoms with van der Waals surface area (Å²) in [6.07, 6.45) is 0.120. The maximum absolute atomic E-state index is 11.8. The molecule has 0 radical (unpaired) electrons.